The maximum absolute atomic E-state index is 13.5. The molecule has 0 saturated heterocycles. The molecule has 0 atom stereocenters. The number of anilines is 1. The lowest BCUT2D eigenvalue weighted by molar-refractivity contribution is -0.120. The molecule has 0 saturated carbocycles. The SMILES string of the molecule is CC(C)N(C(=O)Cn1c(CCCNC(=O)Cc2ccc(Cl)cc2)nc2ccccc21)c1ccccc1. The van der Waals surface area contributed by atoms with Gasteiger partial charge in [0.1, 0.15) is 12.4 Å². The van der Waals surface area contributed by atoms with E-state index in [0.29, 0.717) is 24.4 Å². The number of nitrogens with zero attached hydrogens (tertiary/aromatic N) is 3. The number of nitrogens with one attached hydrogen (secondary N) is 1. The van der Waals surface area contributed by atoms with E-state index in [0.717, 1.165) is 34.5 Å². The van der Waals surface area contributed by atoms with Gasteiger partial charge in [-0.05, 0) is 62.2 Å². The standard InChI is InChI=1S/C29H31ClN4O2/c1-21(2)34(24-9-4-3-5-10-24)29(36)20-33-26-12-7-6-11-25(26)32-27(33)13-8-18-31-28(35)19-22-14-16-23(30)17-15-22/h3-7,9-12,14-17,21H,8,13,18-20H2,1-2H3,(H,31,35). The van der Waals surface area contributed by atoms with Crippen LogP contribution in [0.25, 0.3) is 11.0 Å². The molecule has 186 valence electrons. The summed E-state index contributed by atoms with van der Waals surface area (Å²) < 4.78 is 2.01. The summed E-state index contributed by atoms with van der Waals surface area (Å²) >= 11 is 5.91. The highest BCUT2D eigenvalue weighted by molar-refractivity contribution is 6.30. The molecule has 0 aliphatic heterocycles. The highest BCUT2D eigenvalue weighted by Gasteiger charge is 2.21. The number of para-hydroxylation sites is 3. The average Bonchev–Trinajstić information content (AvgIpc) is 3.21. The van der Waals surface area contributed by atoms with Gasteiger partial charge in [0.25, 0.3) is 0 Å². The van der Waals surface area contributed by atoms with Crippen LogP contribution >= 0.6 is 11.6 Å². The van der Waals surface area contributed by atoms with E-state index in [2.05, 4.69) is 5.32 Å². The first-order valence-corrected chi connectivity index (χ1v) is 12.6. The fourth-order valence-corrected chi connectivity index (χ4v) is 4.47. The van der Waals surface area contributed by atoms with Crippen LogP contribution in [-0.4, -0.2) is 34.0 Å². The van der Waals surface area contributed by atoms with Crippen molar-refractivity contribution in [2.24, 2.45) is 0 Å². The maximum atomic E-state index is 13.5. The van der Waals surface area contributed by atoms with Crippen molar-refractivity contribution >= 4 is 40.1 Å². The molecule has 3 aromatic carbocycles. The van der Waals surface area contributed by atoms with Crippen LogP contribution in [0.2, 0.25) is 5.02 Å². The third-order valence-electron chi connectivity index (χ3n) is 6.02. The van der Waals surface area contributed by atoms with Crippen LogP contribution in [0.15, 0.2) is 78.9 Å². The van der Waals surface area contributed by atoms with E-state index in [1.807, 2.05) is 90.0 Å². The van der Waals surface area contributed by atoms with Gasteiger partial charge in [0.15, 0.2) is 0 Å². The number of fused-ring (bicyclic) bond motifs is 1. The second kappa shape index (κ2) is 11.9. The van der Waals surface area contributed by atoms with Crippen LogP contribution in [0.1, 0.15) is 31.7 Å². The maximum Gasteiger partial charge on any atom is 0.247 e. The fourth-order valence-electron chi connectivity index (χ4n) is 4.35. The highest BCUT2D eigenvalue weighted by Crippen LogP contribution is 2.21. The van der Waals surface area contributed by atoms with Gasteiger partial charge in [-0.15, -0.1) is 0 Å². The average molecular weight is 503 g/mol. The Hall–Kier alpha value is -3.64. The first kappa shape index (κ1) is 25.5. The van der Waals surface area contributed by atoms with E-state index in [4.69, 9.17) is 16.6 Å². The quantitative estimate of drug-likeness (QED) is 0.294. The van der Waals surface area contributed by atoms with Gasteiger partial charge in [-0.25, -0.2) is 4.98 Å². The summed E-state index contributed by atoms with van der Waals surface area (Å²) in [7, 11) is 0. The smallest absolute Gasteiger partial charge is 0.247 e. The number of aryl methyl sites for hydroxylation is 1. The number of benzene rings is 3. The number of imidazole rings is 1. The number of rotatable bonds is 10. The number of carbonyl (C=O) groups excluding carboxylic acids is 2. The van der Waals surface area contributed by atoms with Crippen LogP contribution in [0.3, 0.4) is 0 Å². The number of halogens is 1. The van der Waals surface area contributed by atoms with Crippen LogP contribution in [0, 0.1) is 0 Å². The minimum Gasteiger partial charge on any atom is -0.356 e. The first-order chi connectivity index (χ1) is 17.4. The zero-order chi connectivity index (χ0) is 25.5. The Balaban J connectivity index is 1.42. The molecule has 0 bridgehead atoms. The van der Waals surface area contributed by atoms with E-state index in [1.165, 1.54) is 0 Å². The minimum atomic E-state index is -0.0311. The summed E-state index contributed by atoms with van der Waals surface area (Å²) in [5, 5.41) is 3.63. The Morgan fingerprint density at radius 3 is 2.39 bits per heavy atom. The molecule has 36 heavy (non-hydrogen) atoms. The monoisotopic (exact) mass is 502 g/mol. The van der Waals surface area contributed by atoms with Gasteiger partial charge in [-0.1, -0.05) is 54.1 Å². The van der Waals surface area contributed by atoms with E-state index < -0.39 is 0 Å². The topological polar surface area (TPSA) is 67.2 Å². The van der Waals surface area contributed by atoms with Gasteiger partial charge >= 0.3 is 0 Å². The Kier molecular flexibility index (Phi) is 8.39. The molecule has 1 heterocycles. The molecule has 0 fully saturated rings. The van der Waals surface area contributed by atoms with Gasteiger partial charge in [0, 0.05) is 29.7 Å². The van der Waals surface area contributed by atoms with Gasteiger partial charge in [0.2, 0.25) is 11.8 Å². The lowest BCUT2D eigenvalue weighted by Gasteiger charge is -2.27. The lowest BCUT2D eigenvalue weighted by atomic mass is 10.1. The number of amides is 2. The molecule has 4 aromatic rings. The summed E-state index contributed by atoms with van der Waals surface area (Å²) in [4.78, 5) is 32.4. The fraction of sp³-hybridized carbons (Fsp3) is 0.276. The molecule has 0 unspecified atom stereocenters. The van der Waals surface area contributed by atoms with E-state index >= 15 is 0 Å². The first-order valence-electron chi connectivity index (χ1n) is 12.2. The van der Waals surface area contributed by atoms with Crippen molar-refractivity contribution in [2.45, 2.75) is 45.7 Å². The molecule has 4 rings (SSSR count). The van der Waals surface area contributed by atoms with E-state index in [-0.39, 0.29) is 24.4 Å². The molecule has 0 aliphatic carbocycles. The molecule has 0 spiro atoms. The van der Waals surface area contributed by atoms with Crippen molar-refractivity contribution in [1.82, 2.24) is 14.9 Å². The van der Waals surface area contributed by atoms with E-state index in [1.54, 1.807) is 12.1 Å². The van der Waals surface area contributed by atoms with Gasteiger partial charge < -0.3 is 14.8 Å². The predicted octanol–water partition coefficient (Wildman–Crippen LogP) is 5.42. The molecule has 0 aliphatic rings. The lowest BCUT2D eigenvalue weighted by Crippen LogP contribution is -2.39. The van der Waals surface area contributed by atoms with Crippen LogP contribution in [-0.2, 0) is 29.0 Å². The van der Waals surface area contributed by atoms with Crippen molar-refractivity contribution in [3.8, 4) is 0 Å². The largest absolute Gasteiger partial charge is 0.356 e. The summed E-state index contributed by atoms with van der Waals surface area (Å²) in [6.07, 6.45) is 1.68. The molecule has 2 amide bonds. The van der Waals surface area contributed by atoms with Gasteiger partial charge in [0.05, 0.1) is 17.5 Å². The second-order valence-electron chi connectivity index (χ2n) is 9.05. The summed E-state index contributed by atoms with van der Waals surface area (Å²) in [5.74, 6) is 0.821. The van der Waals surface area contributed by atoms with E-state index in [9.17, 15) is 9.59 Å². The Labute approximate surface area is 216 Å². The zero-order valence-corrected chi connectivity index (χ0v) is 21.4. The molecule has 1 aromatic heterocycles. The summed E-state index contributed by atoms with van der Waals surface area (Å²) in [6.45, 7) is 4.77. The molecular formula is C29H31ClN4O2. The third-order valence-corrected chi connectivity index (χ3v) is 6.28. The van der Waals surface area contributed by atoms with Crippen molar-refractivity contribution in [3.05, 3.63) is 95.3 Å². The Morgan fingerprint density at radius 1 is 0.972 bits per heavy atom. The Morgan fingerprint density at radius 2 is 1.67 bits per heavy atom. The number of carbonyl (C=O) groups is 2. The Bertz CT molecular complexity index is 1320. The molecule has 7 heteroatoms. The van der Waals surface area contributed by atoms with Crippen LogP contribution < -0.4 is 10.2 Å². The predicted molar refractivity (Wildman–Crippen MR) is 145 cm³/mol. The van der Waals surface area contributed by atoms with Crippen molar-refractivity contribution in [1.29, 1.82) is 0 Å². The second-order valence-corrected chi connectivity index (χ2v) is 9.49. The molecular weight excluding hydrogens is 472 g/mol. The van der Waals surface area contributed by atoms with Crippen molar-refractivity contribution in [3.63, 3.8) is 0 Å². The number of hydrogen-bond donors (Lipinski definition) is 1. The number of aromatic nitrogens is 2. The van der Waals surface area contributed by atoms with Gasteiger partial charge in [-0.2, -0.15) is 0 Å². The normalized spacial score (nSPS) is 11.1. The molecule has 0 radical (unpaired) electrons. The molecule has 1 N–H and O–H groups in total. The summed E-state index contributed by atoms with van der Waals surface area (Å²) in [6, 6.07) is 24.9. The highest BCUT2D eigenvalue weighted by atomic mass is 35.5. The van der Waals surface area contributed by atoms with Crippen molar-refractivity contribution < 1.29 is 9.59 Å². The van der Waals surface area contributed by atoms with Crippen LogP contribution in [0.4, 0.5) is 5.69 Å². The summed E-state index contributed by atoms with van der Waals surface area (Å²) in [5.41, 5.74) is 3.60. The zero-order valence-electron chi connectivity index (χ0n) is 20.7. The van der Waals surface area contributed by atoms with Crippen molar-refractivity contribution in [2.75, 3.05) is 11.4 Å². The van der Waals surface area contributed by atoms with Gasteiger partial charge in [-0.3, -0.25) is 9.59 Å². The third kappa shape index (κ3) is 6.32. The van der Waals surface area contributed by atoms with Crippen LogP contribution in [0.5, 0.6) is 0 Å². The molecule has 6 nitrogen and oxygen atoms in total. The minimum absolute atomic E-state index is 0.0110. The number of hydrogen-bond acceptors (Lipinski definition) is 3.